The Kier molecular flexibility index (Phi) is 2.71. The molecule has 0 saturated heterocycles. The molecule has 2 heteroatoms. The summed E-state index contributed by atoms with van der Waals surface area (Å²) in [5.74, 6) is -0.192. The summed E-state index contributed by atoms with van der Waals surface area (Å²) in [6, 6.07) is 5.29. The third-order valence-corrected chi connectivity index (χ3v) is 2.09. The largest absolute Gasteiger partial charge is 0.443 e. The SMILES string of the molecule is [CH2-][NH2+]c1ccc(C(C)(C)C)cc1F. The van der Waals surface area contributed by atoms with E-state index in [1.807, 2.05) is 6.07 Å². The lowest BCUT2D eigenvalue weighted by atomic mass is 9.87. The second-order valence-corrected chi connectivity index (χ2v) is 4.19. The number of quaternary nitrogens is 1. The van der Waals surface area contributed by atoms with Crippen LogP contribution in [0.5, 0.6) is 0 Å². The molecule has 0 unspecified atom stereocenters. The lowest BCUT2D eigenvalue weighted by Crippen LogP contribution is -2.70. The molecule has 0 spiro atoms. The third-order valence-electron chi connectivity index (χ3n) is 2.09. The summed E-state index contributed by atoms with van der Waals surface area (Å²) >= 11 is 0. The molecule has 0 aromatic heterocycles. The van der Waals surface area contributed by atoms with Gasteiger partial charge in [-0.1, -0.05) is 26.8 Å². The summed E-state index contributed by atoms with van der Waals surface area (Å²) < 4.78 is 13.3. The first-order valence-electron chi connectivity index (χ1n) is 4.37. The van der Waals surface area contributed by atoms with Gasteiger partial charge in [-0.15, -0.1) is 7.05 Å². The molecule has 13 heavy (non-hydrogen) atoms. The molecule has 0 radical (unpaired) electrons. The lowest BCUT2D eigenvalue weighted by molar-refractivity contribution is -0.507. The van der Waals surface area contributed by atoms with Crippen LogP contribution in [0, 0.1) is 12.9 Å². The molecule has 0 heterocycles. The Morgan fingerprint density at radius 1 is 1.31 bits per heavy atom. The van der Waals surface area contributed by atoms with Crippen molar-refractivity contribution in [3.8, 4) is 0 Å². The van der Waals surface area contributed by atoms with Crippen molar-refractivity contribution in [1.82, 2.24) is 0 Å². The zero-order chi connectivity index (χ0) is 10.1. The van der Waals surface area contributed by atoms with Crippen molar-refractivity contribution in [3.63, 3.8) is 0 Å². The molecule has 0 fully saturated rings. The van der Waals surface area contributed by atoms with Gasteiger partial charge in [0.25, 0.3) is 0 Å². The maximum Gasteiger partial charge on any atom is 0.181 e. The molecule has 0 aliphatic rings. The van der Waals surface area contributed by atoms with Crippen LogP contribution in [-0.4, -0.2) is 0 Å². The van der Waals surface area contributed by atoms with E-state index in [0.717, 1.165) is 5.56 Å². The van der Waals surface area contributed by atoms with Crippen molar-refractivity contribution in [2.45, 2.75) is 26.2 Å². The van der Waals surface area contributed by atoms with Gasteiger partial charge < -0.3 is 5.32 Å². The molecule has 0 atom stereocenters. The highest BCUT2D eigenvalue weighted by molar-refractivity contribution is 5.36. The van der Waals surface area contributed by atoms with Crippen LogP contribution in [0.4, 0.5) is 10.1 Å². The average molecular weight is 181 g/mol. The summed E-state index contributed by atoms with van der Waals surface area (Å²) in [6.07, 6.45) is 0. The molecule has 1 nitrogen and oxygen atoms in total. The van der Waals surface area contributed by atoms with E-state index in [2.05, 4.69) is 27.8 Å². The molecule has 72 valence electrons. The molecular weight excluding hydrogens is 165 g/mol. The molecule has 0 aliphatic heterocycles. The Morgan fingerprint density at radius 3 is 2.31 bits per heavy atom. The van der Waals surface area contributed by atoms with E-state index in [0.29, 0.717) is 5.69 Å². The van der Waals surface area contributed by atoms with Crippen molar-refractivity contribution in [2.75, 3.05) is 0 Å². The zero-order valence-corrected chi connectivity index (χ0v) is 8.39. The van der Waals surface area contributed by atoms with Crippen molar-refractivity contribution in [2.24, 2.45) is 0 Å². The fraction of sp³-hybridized carbons (Fsp3) is 0.364. The minimum absolute atomic E-state index is 0.000536. The summed E-state index contributed by atoms with van der Waals surface area (Å²) in [4.78, 5) is 0. The van der Waals surface area contributed by atoms with Crippen molar-refractivity contribution < 1.29 is 9.71 Å². The molecule has 1 aromatic carbocycles. The maximum atomic E-state index is 13.3. The average Bonchev–Trinajstić information content (AvgIpc) is 2.02. The Balaban J connectivity index is 3.10. The van der Waals surface area contributed by atoms with Crippen molar-refractivity contribution in [1.29, 1.82) is 0 Å². The second-order valence-electron chi connectivity index (χ2n) is 4.19. The molecule has 0 bridgehead atoms. The molecule has 1 rings (SSSR count). The second kappa shape index (κ2) is 3.46. The fourth-order valence-corrected chi connectivity index (χ4v) is 1.16. The van der Waals surface area contributed by atoms with Crippen molar-refractivity contribution >= 4 is 5.69 Å². The zero-order valence-electron chi connectivity index (χ0n) is 8.39. The number of halogens is 1. The highest BCUT2D eigenvalue weighted by Gasteiger charge is 2.15. The molecule has 2 N–H and O–H groups in total. The van der Waals surface area contributed by atoms with E-state index in [-0.39, 0.29) is 11.2 Å². The van der Waals surface area contributed by atoms with E-state index in [9.17, 15) is 4.39 Å². The molecule has 0 saturated carbocycles. The maximum absolute atomic E-state index is 13.3. The Labute approximate surface area is 79.0 Å². The van der Waals surface area contributed by atoms with Gasteiger partial charge in [0.1, 0.15) is 5.69 Å². The van der Waals surface area contributed by atoms with E-state index < -0.39 is 0 Å². The van der Waals surface area contributed by atoms with Gasteiger partial charge in [0.15, 0.2) is 5.82 Å². The first-order chi connectivity index (χ1) is 5.95. The molecule has 1 aromatic rings. The van der Waals surface area contributed by atoms with E-state index in [1.165, 1.54) is 5.32 Å². The number of hydrogen-bond acceptors (Lipinski definition) is 0. The van der Waals surface area contributed by atoms with Crippen LogP contribution < -0.4 is 5.32 Å². The number of rotatable bonds is 1. The fourth-order valence-electron chi connectivity index (χ4n) is 1.16. The van der Waals surface area contributed by atoms with Crippen LogP contribution in [0.2, 0.25) is 0 Å². The van der Waals surface area contributed by atoms with Gasteiger partial charge in [0.05, 0.1) is 0 Å². The lowest BCUT2D eigenvalue weighted by Gasteiger charge is -2.19. The van der Waals surface area contributed by atoms with E-state index in [4.69, 9.17) is 0 Å². The van der Waals surface area contributed by atoms with Gasteiger partial charge in [0.2, 0.25) is 0 Å². The topological polar surface area (TPSA) is 16.6 Å². The van der Waals surface area contributed by atoms with Crippen LogP contribution in [0.1, 0.15) is 26.3 Å². The highest BCUT2D eigenvalue weighted by Crippen LogP contribution is 2.24. The van der Waals surface area contributed by atoms with Crippen molar-refractivity contribution in [3.05, 3.63) is 36.6 Å². The predicted octanol–water partition coefficient (Wildman–Crippen LogP) is 2.11. The van der Waals surface area contributed by atoms with Gasteiger partial charge in [-0.25, -0.2) is 4.39 Å². The van der Waals surface area contributed by atoms with Crippen LogP contribution >= 0.6 is 0 Å². The van der Waals surface area contributed by atoms with Crippen LogP contribution in [0.25, 0.3) is 0 Å². The van der Waals surface area contributed by atoms with Gasteiger partial charge >= 0.3 is 0 Å². The Bertz CT molecular complexity index is 299. The minimum Gasteiger partial charge on any atom is -0.443 e. The monoisotopic (exact) mass is 181 g/mol. The highest BCUT2D eigenvalue weighted by atomic mass is 19.1. The van der Waals surface area contributed by atoms with Gasteiger partial charge in [-0.05, 0) is 23.1 Å². The van der Waals surface area contributed by atoms with Gasteiger partial charge in [-0.3, -0.25) is 0 Å². The summed E-state index contributed by atoms with van der Waals surface area (Å²) in [5.41, 5.74) is 1.57. The number of hydrogen-bond donors (Lipinski definition) is 1. The number of benzene rings is 1. The Morgan fingerprint density at radius 2 is 1.92 bits per heavy atom. The summed E-state index contributed by atoms with van der Waals surface area (Å²) in [6.45, 7) is 6.19. The Hall–Kier alpha value is -0.890. The van der Waals surface area contributed by atoms with Crippen LogP contribution in [0.15, 0.2) is 18.2 Å². The summed E-state index contributed by atoms with van der Waals surface area (Å²) in [7, 11) is 3.54. The standard InChI is InChI=1S/C11H16FN/c1-11(2,3)8-5-6-10(13-4)9(12)7-8/h5-7H,4,13H2,1-3H3. The quantitative estimate of drug-likeness (QED) is 0.505. The van der Waals surface area contributed by atoms with Crippen LogP contribution in [0.3, 0.4) is 0 Å². The molecular formula is C11H16FN. The van der Waals surface area contributed by atoms with E-state index >= 15 is 0 Å². The van der Waals surface area contributed by atoms with E-state index in [1.54, 1.807) is 12.1 Å². The normalized spacial score (nSPS) is 11.8. The smallest absolute Gasteiger partial charge is 0.181 e. The molecule has 0 aliphatic carbocycles. The van der Waals surface area contributed by atoms with Crippen LogP contribution in [-0.2, 0) is 5.41 Å². The van der Waals surface area contributed by atoms with Gasteiger partial charge in [-0.2, -0.15) is 0 Å². The molecule has 0 amide bonds. The first-order valence-corrected chi connectivity index (χ1v) is 4.37. The first kappa shape index (κ1) is 10.2. The number of nitrogens with two attached hydrogens (primary N) is 1. The summed E-state index contributed by atoms with van der Waals surface area (Å²) in [5, 5.41) is 1.53. The van der Waals surface area contributed by atoms with Gasteiger partial charge in [0, 0.05) is 0 Å². The minimum atomic E-state index is -0.192. The third kappa shape index (κ3) is 2.28. The predicted molar refractivity (Wildman–Crippen MR) is 52.0 cm³/mol.